The average molecular weight is 329 g/mol. The van der Waals surface area contributed by atoms with Crippen molar-refractivity contribution in [1.29, 1.82) is 0 Å². The summed E-state index contributed by atoms with van der Waals surface area (Å²) in [5.41, 5.74) is 1.13. The van der Waals surface area contributed by atoms with Gasteiger partial charge in [0.25, 0.3) is 0 Å². The van der Waals surface area contributed by atoms with Crippen LogP contribution in [0.4, 0.5) is 0 Å². The van der Waals surface area contributed by atoms with Gasteiger partial charge >= 0.3 is 0 Å². The number of nitrogens with one attached hydrogen (secondary N) is 1. The quantitative estimate of drug-likeness (QED) is 0.896. The minimum absolute atomic E-state index is 0.238. The summed E-state index contributed by atoms with van der Waals surface area (Å²) in [7, 11) is 1.93. The number of nitrogens with zero attached hydrogens (tertiary/aromatic N) is 1. The highest BCUT2D eigenvalue weighted by atomic mass is 35.5. The second kappa shape index (κ2) is 8.02. The van der Waals surface area contributed by atoms with Gasteiger partial charge in [0.15, 0.2) is 0 Å². The number of aryl methyl sites for hydroxylation is 1. The van der Waals surface area contributed by atoms with Gasteiger partial charge in [0.2, 0.25) is 5.91 Å². The Morgan fingerprint density at radius 3 is 2.67 bits per heavy atom. The summed E-state index contributed by atoms with van der Waals surface area (Å²) in [5, 5.41) is 4.47. The summed E-state index contributed by atoms with van der Waals surface area (Å²) in [6.45, 7) is 2.01. The Morgan fingerprint density at radius 1 is 1.29 bits per heavy atom. The van der Waals surface area contributed by atoms with E-state index in [2.05, 4.69) is 5.32 Å². The van der Waals surface area contributed by atoms with E-state index in [-0.39, 0.29) is 5.91 Å². The maximum Gasteiger partial charge on any atom is 0.222 e. The molecule has 0 bridgehead atoms. The van der Waals surface area contributed by atoms with Gasteiger partial charge in [-0.15, -0.1) is 0 Å². The summed E-state index contributed by atoms with van der Waals surface area (Å²) in [6, 6.07) is 6.05. The molecule has 0 spiro atoms. The fourth-order valence-electron chi connectivity index (χ4n) is 2.71. The molecule has 0 unspecified atom stereocenters. The van der Waals surface area contributed by atoms with E-state index in [0.717, 1.165) is 44.3 Å². The van der Waals surface area contributed by atoms with E-state index in [1.165, 1.54) is 0 Å². The van der Waals surface area contributed by atoms with Gasteiger partial charge in [0.05, 0.1) is 10.0 Å². The van der Waals surface area contributed by atoms with Gasteiger partial charge < -0.3 is 10.2 Å². The summed E-state index contributed by atoms with van der Waals surface area (Å²) in [5.74, 6) is 0.238. The van der Waals surface area contributed by atoms with Gasteiger partial charge in [-0.1, -0.05) is 29.3 Å². The molecule has 1 N–H and O–H groups in total. The Hall–Kier alpha value is -0.770. The van der Waals surface area contributed by atoms with Gasteiger partial charge in [0.1, 0.15) is 0 Å². The molecule has 21 heavy (non-hydrogen) atoms. The lowest BCUT2D eigenvalue weighted by Gasteiger charge is -2.31. The molecule has 0 radical (unpaired) electrons. The summed E-state index contributed by atoms with van der Waals surface area (Å²) in [6.07, 6.45) is 4.37. The Kier molecular flexibility index (Phi) is 6.34. The lowest BCUT2D eigenvalue weighted by Crippen LogP contribution is -2.43. The van der Waals surface area contributed by atoms with E-state index < -0.39 is 0 Å². The zero-order chi connectivity index (χ0) is 15.2. The van der Waals surface area contributed by atoms with Gasteiger partial charge in [-0.25, -0.2) is 0 Å². The Labute approximate surface area is 136 Å². The smallest absolute Gasteiger partial charge is 0.222 e. The molecule has 0 saturated carbocycles. The maximum absolute atomic E-state index is 12.2. The SMILES string of the molecule is CN(C(=O)CCCc1ccc(Cl)c(Cl)c1)C1CCNCC1. The third kappa shape index (κ3) is 4.87. The van der Waals surface area contributed by atoms with Crippen LogP contribution < -0.4 is 5.32 Å². The topological polar surface area (TPSA) is 32.3 Å². The zero-order valence-electron chi connectivity index (χ0n) is 12.4. The van der Waals surface area contributed by atoms with Crippen LogP contribution in [-0.2, 0) is 11.2 Å². The molecular formula is C16H22Cl2N2O. The van der Waals surface area contributed by atoms with Crippen molar-refractivity contribution < 1.29 is 4.79 Å². The van der Waals surface area contributed by atoms with Gasteiger partial charge in [-0.3, -0.25) is 4.79 Å². The van der Waals surface area contributed by atoms with Crippen LogP contribution in [0.25, 0.3) is 0 Å². The number of hydrogen-bond donors (Lipinski definition) is 1. The third-order valence-corrected chi connectivity index (χ3v) is 4.83. The molecule has 0 aliphatic carbocycles. The van der Waals surface area contributed by atoms with Crippen molar-refractivity contribution in [3.63, 3.8) is 0 Å². The highest BCUT2D eigenvalue weighted by molar-refractivity contribution is 6.42. The Bertz CT molecular complexity index is 487. The summed E-state index contributed by atoms with van der Waals surface area (Å²) in [4.78, 5) is 14.1. The molecule has 1 aromatic carbocycles. The summed E-state index contributed by atoms with van der Waals surface area (Å²) < 4.78 is 0. The van der Waals surface area contributed by atoms with E-state index in [0.29, 0.717) is 22.5 Å². The largest absolute Gasteiger partial charge is 0.343 e. The molecule has 116 valence electrons. The second-order valence-electron chi connectivity index (χ2n) is 5.59. The summed E-state index contributed by atoms with van der Waals surface area (Å²) >= 11 is 11.9. The number of rotatable bonds is 5. The van der Waals surface area contributed by atoms with Crippen LogP contribution in [0.5, 0.6) is 0 Å². The number of halogens is 2. The molecule has 1 aromatic rings. The van der Waals surface area contributed by atoms with Crippen LogP contribution in [0.2, 0.25) is 10.0 Å². The van der Waals surface area contributed by atoms with E-state index in [1.54, 1.807) is 0 Å². The van der Waals surface area contributed by atoms with E-state index in [4.69, 9.17) is 23.2 Å². The predicted molar refractivity (Wildman–Crippen MR) is 88.1 cm³/mol. The molecule has 1 saturated heterocycles. The molecule has 2 rings (SSSR count). The van der Waals surface area contributed by atoms with Crippen LogP contribution >= 0.6 is 23.2 Å². The predicted octanol–water partition coefficient (Wildman–Crippen LogP) is 3.53. The van der Waals surface area contributed by atoms with Gasteiger partial charge in [-0.05, 0) is 56.5 Å². The van der Waals surface area contributed by atoms with Crippen LogP contribution in [-0.4, -0.2) is 37.0 Å². The fourth-order valence-corrected chi connectivity index (χ4v) is 3.03. The minimum Gasteiger partial charge on any atom is -0.343 e. The van der Waals surface area contributed by atoms with Crippen LogP contribution in [0.1, 0.15) is 31.2 Å². The molecule has 1 aliphatic heterocycles. The van der Waals surface area contributed by atoms with Crippen LogP contribution in [0.15, 0.2) is 18.2 Å². The Morgan fingerprint density at radius 2 is 2.00 bits per heavy atom. The lowest BCUT2D eigenvalue weighted by atomic mass is 10.0. The Balaban J connectivity index is 1.76. The molecule has 1 fully saturated rings. The van der Waals surface area contributed by atoms with E-state index in [9.17, 15) is 4.79 Å². The molecule has 3 nitrogen and oxygen atoms in total. The molecule has 0 aromatic heterocycles. The third-order valence-electron chi connectivity index (χ3n) is 4.09. The van der Waals surface area contributed by atoms with Crippen molar-refractivity contribution >= 4 is 29.1 Å². The molecule has 5 heteroatoms. The monoisotopic (exact) mass is 328 g/mol. The fraction of sp³-hybridized carbons (Fsp3) is 0.562. The molecule has 0 atom stereocenters. The first-order valence-corrected chi connectivity index (χ1v) is 8.24. The molecule has 1 amide bonds. The van der Waals surface area contributed by atoms with Gasteiger partial charge in [-0.2, -0.15) is 0 Å². The number of carbonyl (C=O) groups excluding carboxylic acids is 1. The number of carbonyl (C=O) groups is 1. The highest BCUT2D eigenvalue weighted by Crippen LogP contribution is 2.23. The van der Waals surface area contributed by atoms with Crippen molar-refractivity contribution in [3.8, 4) is 0 Å². The van der Waals surface area contributed by atoms with Crippen molar-refractivity contribution in [2.75, 3.05) is 20.1 Å². The van der Waals surface area contributed by atoms with Crippen LogP contribution in [0.3, 0.4) is 0 Å². The first-order valence-electron chi connectivity index (χ1n) is 7.48. The minimum atomic E-state index is 0.238. The van der Waals surface area contributed by atoms with E-state index >= 15 is 0 Å². The van der Waals surface area contributed by atoms with Crippen LogP contribution in [0, 0.1) is 0 Å². The van der Waals surface area contributed by atoms with Gasteiger partial charge in [0, 0.05) is 19.5 Å². The van der Waals surface area contributed by atoms with Crippen molar-refractivity contribution in [1.82, 2.24) is 10.2 Å². The average Bonchev–Trinajstić information content (AvgIpc) is 2.51. The first kappa shape index (κ1) is 16.6. The number of hydrogen-bond acceptors (Lipinski definition) is 2. The van der Waals surface area contributed by atoms with E-state index in [1.807, 2.05) is 30.1 Å². The molecule has 1 heterocycles. The normalized spacial score (nSPS) is 16.0. The maximum atomic E-state index is 12.2. The first-order chi connectivity index (χ1) is 10.1. The van der Waals surface area contributed by atoms with Crippen molar-refractivity contribution in [3.05, 3.63) is 33.8 Å². The number of benzene rings is 1. The number of piperidine rings is 1. The molecule has 1 aliphatic rings. The second-order valence-corrected chi connectivity index (χ2v) is 6.40. The lowest BCUT2D eigenvalue weighted by molar-refractivity contribution is -0.132. The standard InChI is InChI=1S/C16H22Cl2N2O/c1-20(13-7-9-19-10-8-13)16(21)4-2-3-12-5-6-14(17)15(18)11-12/h5-6,11,13,19H,2-4,7-10H2,1H3. The molecular weight excluding hydrogens is 307 g/mol. The van der Waals surface area contributed by atoms with Crippen molar-refractivity contribution in [2.45, 2.75) is 38.1 Å². The van der Waals surface area contributed by atoms with Crippen molar-refractivity contribution in [2.24, 2.45) is 0 Å². The number of amides is 1. The highest BCUT2D eigenvalue weighted by Gasteiger charge is 2.21. The zero-order valence-corrected chi connectivity index (χ0v) is 13.9.